The topological polar surface area (TPSA) is 78.0 Å². The number of carbonyl (C=O) groups is 1. The summed E-state index contributed by atoms with van der Waals surface area (Å²) in [6.07, 6.45) is -2.94. The van der Waals surface area contributed by atoms with Gasteiger partial charge in [0.25, 0.3) is 0 Å². The highest BCUT2D eigenvalue weighted by Crippen LogP contribution is 2.30. The molecular weight excluding hydrogens is 347 g/mol. The van der Waals surface area contributed by atoms with E-state index < -0.39 is 24.4 Å². The zero-order valence-electron chi connectivity index (χ0n) is 14.7. The first-order chi connectivity index (χ1) is 12.3. The number of hydrogen-bond acceptors (Lipinski definition) is 3. The van der Waals surface area contributed by atoms with Crippen LogP contribution in [0.4, 0.5) is 13.2 Å². The fourth-order valence-corrected chi connectivity index (χ4v) is 2.78. The van der Waals surface area contributed by atoms with Crippen LogP contribution >= 0.6 is 0 Å². The molecule has 0 fully saturated rings. The van der Waals surface area contributed by atoms with E-state index in [-0.39, 0.29) is 12.3 Å². The molecule has 0 saturated carbocycles. The van der Waals surface area contributed by atoms with Crippen molar-refractivity contribution in [2.24, 2.45) is 0 Å². The Bertz CT molecular complexity index is 718. The van der Waals surface area contributed by atoms with E-state index >= 15 is 0 Å². The highest BCUT2D eigenvalue weighted by molar-refractivity contribution is 5.79. The molecule has 2 aromatic rings. The van der Waals surface area contributed by atoms with Gasteiger partial charge in [-0.05, 0) is 30.5 Å². The van der Waals surface area contributed by atoms with Crippen LogP contribution in [0.3, 0.4) is 0 Å². The summed E-state index contributed by atoms with van der Waals surface area (Å²) in [6, 6.07) is 3.62. The third kappa shape index (κ3) is 4.63. The van der Waals surface area contributed by atoms with Crippen molar-refractivity contribution in [1.82, 2.24) is 15.5 Å². The van der Waals surface area contributed by atoms with Gasteiger partial charge in [0.1, 0.15) is 0 Å². The zero-order valence-corrected chi connectivity index (χ0v) is 14.7. The summed E-state index contributed by atoms with van der Waals surface area (Å²) >= 11 is 0. The normalized spacial score (nSPS) is 12.8. The molecule has 26 heavy (non-hydrogen) atoms. The van der Waals surface area contributed by atoms with Gasteiger partial charge in [0.05, 0.1) is 30.3 Å². The lowest BCUT2D eigenvalue weighted by molar-refractivity contribution is -0.137. The number of rotatable bonds is 7. The summed E-state index contributed by atoms with van der Waals surface area (Å²) in [6.45, 7) is 3.48. The SMILES string of the molecule is CCc1n[nH]c(CC)c1CC(=O)NC(CO)c1ccc(C(F)(F)F)cc1. The summed E-state index contributed by atoms with van der Waals surface area (Å²) < 4.78 is 37.9. The molecule has 0 aliphatic heterocycles. The van der Waals surface area contributed by atoms with E-state index in [1.807, 2.05) is 13.8 Å². The molecule has 0 radical (unpaired) electrons. The molecule has 1 amide bonds. The first-order valence-electron chi connectivity index (χ1n) is 8.42. The number of benzene rings is 1. The fourth-order valence-electron chi connectivity index (χ4n) is 2.78. The lowest BCUT2D eigenvalue weighted by Gasteiger charge is -2.18. The number of amides is 1. The molecule has 0 saturated heterocycles. The predicted molar refractivity (Wildman–Crippen MR) is 90.5 cm³/mol. The van der Waals surface area contributed by atoms with Crippen LogP contribution in [0.15, 0.2) is 24.3 Å². The van der Waals surface area contributed by atoms with Gasteiger partial charge >= 0.3 is 6.18 Å². The molecule has 142 valence electrons. The summed E-state index contributed by atoms with van der Waals surface area (Å²) in [5, 5.41) is 19.3. The fraction of sp³-hybridized carbons (Fsp3) is 0.444. The number of aromatic amines is 1. The minimum Gasteiger partial charge on any atom is -0.394 e. The number of alkyl halides is 3. The van der Waals surface area contributed by atoms with E-state index in [9.17, 15) is 23.1 Å². The molecule has 2 rings (SSSR count). The highest BCUT2D eigenvalue weighted by atomic mass is 19.4. The number of carbonyl (C=O) groups excluding carboxylic acids is 1. The van der Waals surface area contributed by atoms with Gasteiger partial charge in [-0.15, -0.1) is 0 Å². The highest BCUT2D eigenvalue weighted by Gasteiger charge is 2.30. The van der Waals surface area contributed by atoms with Crippen LogP contribution in [0.2, 0.25) is 0 Å². The second kappa shape index (κ2) is 8.35. The molecule has 3 N–H and O–H groups in total. The van der Waals surface area contributed by atoms with Gasteiger partial charge in [-0.1, -0.05) is 26.0 Å². The van der Waals surface area contributed by atoms with Crippen molar-refractivity contribution in [3.63, 3.8) is 0 Å². The Kier molecular flexibility index (Phi) is 6.42. The molecule has 1 unspecified atom stereocenters. The van der Waals surface area contributed by atoms with Gasteiger partial charge in [-0.3, -0.25) is 9.89 Å². The number of aliphatic hydroxyl groups is 1. The second-order valence-corrected chi connectivity index (χ2v) is 5.93. The Morgan fingerprint density at radius 2 is 1.88 bits per heavy atom. The zero-order chi connectivity index (χ0) is 19.3. The van der Waals surface area contributed by atoms with Crippen molar-refractivity contribution in [2.45, 2.75) is 45.3 Å². The van der Waals surface area contributed by atoms with Crippen molar-refractivity contribution >= 4 is 5.91 Å². The largest absolute Gasteiger partial charge is 0.416 e. The molecule has 0 bridgehead atoms. The minimum atomic E-state index is -4.43. The minimum absolute atomic E-state index is 0.0972. The lowest BCUT2D eigenvalue weighted by atomic mass is 10.0. The average Bonchev–Trinajstić information content (AvgIpc) is 3.00. The quantitative estimate of drug-likeness (QED) is 0.702. The van der Waals surface area contributed by atoms with Gasteiger partial charge in [-0.2, -0.15) is 18.3 Å². The van der Waals surface area contributed by atoms with Gasteiger partial charge in [0.15, 0.2) is 0 Å². The first-order valence-corrected chi connectivity index (χ1v) is 8.42. The number of nitrogens with zero attached hydrogens (tertiary/aromatic N) is 1. The number of aromatic nitrogens is 2. The van der Waals surface area contributed by atoms with Gasteiger partial charge in [0.2, 0.25) is 5.91 Å². The van der Waals surface area contributed by atoms with E-state index in [0.29, 0.717) is 18.4 Å². The number of aliphatic hydroxyl groups excluding tert-OH is 1. The van der Waals surface area contributed by atoms with Crippen molar-refractivity contribution in [3.8, 4) is 0 Å². The maximum atomic E-state index is 12.6. The van der Waals surface area contributed by atoms with E-state index in [4.69, 9.17) is 0 Å². The number of nitrogens with one attached hydrogen (secondary N) is 2. The molecule has 0 aliphatic rings. The summed E-state index contributed by atoms with van der Waals surface area (Å²) in [4.78, 5) is 12.4. The molecule has 1 heterocycles. The van der Waals surface area contributed by atoms with Crippen molar-refractivity contribution in [3.05, 3.63) is 52.3 Å². The third-order valence-corrected chi connectivity index (χ3v) is 4.22. The molecule has 1 atom stereocenters. The number of hydrogen-bond donors (Lipinski definition) is 3. The van der Waals surface area contributed by atoms with Gasteiger partial charge in [0, 0.05) is 11.3 Å². The standard InChI is InChI=1S/C18H22F3N3O2/c1-3-14-13(15(4-2)24-23-14)9-17(26)22-16(10-25)11-5-7-12(8-6-11)18(19,20)21/h5-8,16,25H,3-4,9-10H2,1-2H3,(H,22,26)(H,23,24). The number of halogens is 3. The van der Waals surface area contributed by atoms with Crippen LogP contribution in [0, 0.1) is 0 Å². The van der Waals surface area contributed by atoms with Gasteiger partial charge in [-0.25, -0.2) is 0 Å². The summed E-state index contributed by atoms with van der Waals surface area (Å²) in [7, 11) is 0. The Morgan fingerprint density at radius 1 is 1.23 bits per heavy atom. The predicted octanol–water partition coefficient (Wildman–Crippen LogP) is 2.95. The van der Waals surface area contributed by atoms with Crippen molar-refractivity contribution < 1.29 is 23.1 Å². The number of H-pyrrole nitrogens is 1. The summed E-state index contributed by atoms with van der Waals surface area (Å²) in [5.41, 5.74) is 2.16. The van der Waals surface area contributed by atoms with Gasteiger partial charge < -0.3 is 10.4 Å². The van der Waals surface area contributed by atoms with E-state index in [1.54, 1.807) is 0 Å². The Labute approximate surface area is 149 Å². The summed E-state index contributed by atoms with van der Waals surface area (Å²) in [5.74, 6) is -0.324. The van der Waals surface area contributed by atoms with E-state index in [1.165, 1.54) is 12.1 Å². The molecule has 0 spiro atoms. The maximum Gasteiger partial charge on any atom is 0.416 e. The Morgan fingerprint density at radius 3 is 2.38 bits per heavy atom. The van der Waals surface area contributed by atoms with E-state index in [2.05, 4.69) is 15.5 Å². The van der Waals surface area contributed by atoms with Crippen molar-refractivity contribution in [2.75, 3.05) is 6.61 Å². The Balaban J connectivity index is 2.10. The first kappa shape index (κ1) is 20.0. The van der Waals surface area contributed by atoms with Crippen LogP contribution in [0.5, 0.6) is 0 Å². The number of aryl methyl sites for hydroxylation is 2. The molecule has 8 heteroatoms. The van der Waals surface area contributed by atoms with Crippen molar-refractivity contribution in [1.29, 1.82) is 0 Å². The molecule has 1 aromatic heterocycles. The van der Waals surface area contributed by atoms with Crippen LogP contribution in [0.1, 0.15) is 48.0 Å². The second-order valence-electron chi connectivity index (χ2n) is 5.93. The van der Waals surface area contributed by atoms with E-state index in [0.717, 1.165) is 29.1 Å². The molecular formula is C18H22F3N3O2. The van der Waals surface area contributed by atoms with Crippen LogP contribution < -0.4 is 5.32 Å². The molecule has 5 nitrogen and oxygen atoms in total. The van der Waals surface area contributed by atoms with Crippen LogP contribution in [-0.2, 0) is 30.2 Å². The average molecular weight is 369 g/mol. The van der Waals surface area contributed by atoms with Crippen LogP contribution in [0.25, 0.3) is 0 Å². The maximum absolute atomic E-state index is 12.6. The Hall–Kier alpha value is -2.35. The molecule has 1 aromatic carbocycles. The smallest absolute Gasteiger partial charge is 0.394 e. The third-order valence-electron chi connectivity index (χ3n) is 4.22. The monoisotopic (exact) mass is 369 g/mol. The lowest BCUT2D eigenvalue weighted by Crippen LogP contribution is -2.32. The molecule has 0 aliphatic carbocycles. The van der Waals surface area contributed by atoms with Crippen LogP contribution in [-0.4, -0.2) is 27.8 Å².